The van der Waals surface area contributed by atoms with E-state index >= 15 is 0 Å². The Morgan fingerprint density at radius 2 is 1.68 bits per heavy atom. The zero-order valence-corrected chi connectivity index (χ0v) is 14.3. The predicted octanol–water partition coefficient (Wildman–Crippen LogP) is 4.83. The fourth-order valence-corrected chi connectivity index (χ4v) is 2.73. The minimum Gasteiger partial charge on any atom is -0.491 e. The predicted molar refractivity (Wildman–Crippen MR) is 96.8 cm³/mol. The molecule has 25 heavy (non-hydrogen) atoms. The first-order valence-electron chi connectivity index (χ1n) is 8.65. The van der Waals surface area contributed by atoms with E-state index in [-0.39, 0.29) is 16.9 Å². The van der Waals surface area contributed by atoms with Crippen LogP contribution in [0.5, 0.6) is 5.75 Å². The summed E-state index contributed by atoms with van der Waals surface area (Å²) < 4.78 is 5.59. The smallest absolute Gasteiger partial charge is 0.339 e. The van der Waals surface area contributed by atoms with Crippen molar-refractivity contribution < 1.29 is 14.6 Å². The maximum absolute atomic E-state index is 11.2. The number of carboxylic acid groups (broad SMARTS) is 1. The van der Waals surface area contributed by atoms with Gasteiger partial charge in [0.25, 0.3) is 0 Å². The van der Waals surface area contributed by atoms with Gasteiger partial charge in [0.15, 0.2) is 5.75 Å². The SMILES string of the molecule is N#Cc1cccc(C(=O)O)c1OCCCCCCCc1ccccc1. The van der Waals surface area contributed by atoms with Crippen molar-refractivity contribution >= 4 is 5.97 Å². The average molecular weight is 337 g/mol. The molecule has 0 fully saturated rings. The van der Waals surface area contributed by atoms with Crippen molar-refractivity contribution in [2.24, 2.45) is 0 Å². The lowest BCUT2D eigenvalue weighted by atomic mass is 10.1. The molecule has 2 rings (SSSR count). The first-order chi connectivity index (χ1) is 12.2. The molecule has 0 amide bonds. The third-order valence-corrected chi connectivity index (χ3v) is 4.06. The highest BCUT2D eigenvalue weighted by molar-refractivity contribution is 5.91. The molecule has 0 spiro atoms. The van der Waals surface area contributed by atoms with Crippen LogP contribution in [-0.2, 0) is 6.42 Å². The zero-order valence-electron chi connectivity index (χ0n) is 14.3. The molecule has 0 aliphatic rings. The number of carboxylic acids is 1. The van der Waals surface area contributed by atoms with Crippen LogP contribution in [0.4, 0.5) is 0 Å². The number of hydrogen-bond donors (Lipinski definition) is 1. The van der Waals surface area contributed by atoms with Gasteiger partial charge in [-0.3, -0.25) is 0 Å². The second kappa shape index (κ2) is 10.1. The molecule has 0 unspecified atom stereocenters. The quantitative estimate of drug-likeness (QED) is 0.630. The number of para-hydroxylation sites is 1. The topological polar surface area (TPSA) is 70.3 Å². The number of aryl methyl sites for hydroxylation is 1. The third-order valence-electron chi connectivity index (χ3n) is 4.06. The molecule has 0 radical (unpaired) electrons. The molecule has 2 aromatic rings. The number of carbonyl (C=O) groups is 1. The van der Waals surface area contributed by atoms with Crippen molar-refractivity contribution in [2.45, 2.75) is 38.5 Å². The van der Waals surface area contributed by atoms with E-state index in [2.05, 4.69) is 24.3 Å². The van der Waals surface area contributed by atoms with Gasteiger partial charge in [-0.05, 0) is 37.0 Å². The van der Waals surface area contributed by atoms with Crippen molar-refractivity contribution in [1.82, 2.24) is 0 Å². The second-order valence-corrected chi connectivity index (χ2v) is 5.95. The van der Waals surface area contributed by atoms with E-state index in [1.165, 1.54) is 24.5 Å². The van der Waals surface area contributed by atoms with Gasteiger partial charge in [-0.2, -0.15) is 5.26 Å². The molecule has 0 heterocycles. The maximum Gasteiger partial charge on any atom is 0.339 e. The summed E-state index contributed by atoms with van der Waals surface area (Å²) in [6.07, 6.45) is 6.46. The van der Waals surface area contributed by atoms with Gasteiger partial charge in [-0.25, -0.2) is 4.79 Å². The zero-order chi connectivity index (χ0) is 17.9. The van der Waals surface area contributed by atoms with Gasteiger partial charge in [0.1, 0.15) is 11.6 Å². The standard InChI is InChI=1S/C21H23NO3/c22-16-18-13-9-14-19(21(23)24)20(18)25-15-8-3-1-2-5-10-17-11-6-4-7-12-17/h4,6-7,9,11-14H,1-3,5,8,10,15H2,(H,23,24). The third kappa shape index (κ3) is 5.96. The van der Waals surface area contributed by atoms with Crippen molar-refractivity contribution in [3.63, 3.8) is 0 Å². The lowest BCUT2D eigenvalue weighted by Gasteiger charge is -2.10. The highest BCUT2D eigenvalue weighted by Gasteiger charge is 2.15. The fraction of sp³-hybridized carbons (Fsp3) is 0.333. The van der Waals surface area contributed by atoms with Gasteiger partial charge in [0, 0.05) is 0 Å². The molecule has 0 saturated carbocycles. The van der Waals surface area contributed by atoms with Crippen molar-refractivity contribution in [1.29, 1.82) is 5.26 Å². The van der Waals surface area contributed by atoms with Crippen LogP contribution in [0.2, 0.25) is 0 Å². The van der Waals surface area contributed by atoms with Gasteiger partial charge in [-0.15, -0.1) is 0 Å². The summed E-state index contributed by atoms with van der Waals surface area (Å²) in [6, 6.07) is 17.1. The molecule has 1 N–H and O–H groups in total. The minimum atomic E-state index is -1.08. The van der Waals surface area contributed by atoms with Gasteiger partial charge in [-0.1, -0.05) is 55.7 Å². The van der Waals surface area contributed by atoms with Crippen LogP contribution in [0.15, 0.2) is 48.5 Å². The molecule has 0 bridgehead atoms. The molecular weight excluding hydrogens is 314 g/mol. The monoisotopic (exact) mass is 337 g/mol. The number of hydrogen-bond acceptors (Lipinski definition) is 3. The van der Waals surface area contributed by atoms with Crippen molar-refractivity contribution in [3.8, 4) is 11.8 Å². The highest BCUT2D eigenvalue weighted by atomic mass is 16.5. The number of unbranched alkanes of at least 4 members (excludes halogenated alkanes) is 4. The lowest BCUT2D eigenvalue weighted by Crippen LogP contribution is -2.06. The maximum atomic E-state index is 11.2. The molecule has 4 nitrogen and oxygen atoms in total. The number of nitrogens with zero attached hydrogens (tertiary/aromatic N) is 1. The summed E-state index contributed by atoms with van der Waals surface area (Å²) in [5.41, 5.74) is 1.69. The summed E-state index contributed by atoms with van der Waals surface area (Å²) in [5, 5.41) is 18.3. The first-order valence-corrected chi connectivity index (χ1v) is 8.65. The Morgan fingerprint density at radius 3 is 2.40 bits per heavy atom. The van der Waals surface area contributed by atoms with Crippen LogP contribution in [-0.4, -0.2) is 17.7 Å². The van der Waals surface area contributed by atoms with Crippen molar-refractivity contribution in [3.05, 3.63) is 65.2 Å². The number of rotatable bonds is 10. The first kappa shape index (κ1) is 18.5. The van der Waals surface area contributed by atoms with E-state index in [1.54, 1.807) is 12.1 Å². The second-order valence-electron chi connectivity index (χ2n) is 5.95. The summed E-state index contributed by atoms with van der Waals surface area (Å²) >= 11 is 0. The lowest BCUT2D eigenvalue weighted by molar-refractivity contribution is 0.0692. The molecule has 0 saturated heterocycles. The van der Waals surface area contributed by atoms with Gasteiger partial charge >= 0.3 is 5.97 Å². The summed E-state index contributed by atoms with van der Waals surface area (Å²) in [7, 11) is 0. The number of aromatic carboxylic acids is 1. The molecule has 130 valence electrons. The van der Waals surface area contributed by atoms with E-state index in [1.807, 2.05) is 12.1 Å². The molecule has 2 aromatic carbocycles. The largest absolute Gasteiger partial charge is 0.491 e. The van der Waals surface area contributed by atoms with E-state index in [0.29, 0.717) is 6.61 Å². The van der Waals surface area contributed by atoms with Gasteiger partial charge in [0.05, 0.1) is 12.2 Å². The Kier molecular flexibility index (Phi) is 7.52. The van der Waals surface area contributed by atoms with Crippen LogP contribution in [0, 0.1) is 11.3 Å². The number of nitriles is 1. The average Bonchev–Trinajstić information content (AvgIpc) is 2.64. The number of benzene rings is 2. The van der Waals surface area contributed by atoms with Crippen LogP contribution in [0.3, 0.4) is 0 Å². The molecular formula is C21H23NO3. The van der Waals surface area contributed by atoms with Crippen LogP contribution in [0.25, 0.3) is 0 Å². The van der Waals surface area contributed by atoms with E-state index in [4.69, 9.17) is 10.00 Å². The Balaban J connectivity index is 1.66. The Morgan fingerprint density at radius 1 is 0.960 bits per heavy atom. The highest BCUT2D eigenvalue weighted by Crippen LogP contribution is 2.24. The van der Waals surface area contributed by atoms with Crippen LogP contribution < -0.4 is 4.74 Å². The molecule has 0 atom stereocenters. The van der Waals surface area contributed by atoms with Gasteiger partial charge < -0.3 is 9.84 Å². The number of ether oxygens (including phenoxy) is 1. The van der Waals surface area contributed by atoms with E-state index in [9.17, 15) is 9.90 Å². The summed E-state index contributed by atoms with van der Waals surface area (Å²) in [6.45, 7) is 0.428. The van der Waals surface area contributed by atoms with E-state index in [0.717, 1.165) is 25.7 Å². The van der Waals surface area contributed by atoms with Gasteiger partial charge in [0.2, 0.25) is 0 Å². The fourth-order valence-electron chi connectivity index (χ4n) is 2.73. The summed E-state index contributed by atoms with van der Waals surface area (Å²) in [5.74, 6) is -0.894. The van der Waals surface area contributed by atoms with Crippen LogP contribution >= 0.6 is 0 Å². The molecule has 0 aromatic heterocycles. The van der Waals surface area contributed by atoms with E-state index < -0.39 is 5.97 Å². The normalized spacial score (nSPS) is 10.2. The molecule has 4 heteroatoms. The van der Waals surface area contributed by atoms with Crippen molar-refractivity contribution in [2.75, 3.05) is 6.61 Å². The van der Waals surface area contributed by atoms with Crippen LogP contribution in [0.1, 0.15) is 53.6 Å². The molecule has 0 aliphatic heterocycles. The molecule has 0 aliphatic carbocycles. The Labute approximate surface area is 148 Å². The minimum absolute atomic E-state index is 0.0434. The summed E-state index contributed by atoms with van der Waals surface area (Å²) in [4.78, 5) is 11.2. The Bertz CT molecular complexity index is 720. The Hall–Kier alpha value is -2.80.